The van der Waals surface area contributed by atoms with Gasteiger partial charge in [0.1, 0.15) is 5.58 Å². The highest BCUT2D eigenvalue weighted by atomic mass is 32.2. The number of rotatable bonds is 7. The second-order valence-electron chi connectivity index (χ2n) is 9.39. The van der Waals surface area contributed by atoms with Gasteiger partial charge in [-0.1, -0.05) is 37.5 Å². The van der Waals surface area contributed by atoms with E-state index in [9.17, 15) is 9.59 Å². The van der Waals surface area contributed by atoms with E-state index >= 15 is 0 Å². The van der Waals surface area contributed by atoms with Gasteiger partial charge in [0.15, 0.2) is 5.76 Å². The summed E-state index contributed by atoms with van der Waals surface area (Å²) in [7, 11) is 0. The Bertz CT molecular complexity index is 956. The summed E-state index contributed by atoms with van der Waals surface area (Å²) >= 11 is 1.98. The molecule has 6 nitrogen and oxygen atoms in total. The van der Waals surface area contributed by atoms with E-state index in [2.05, 4.69) is 16.3 Å². The fourth-order valence-electron chi connectivity index (χ4n) is 4.80. The molecule has 2 saturated carbocycles. The molecule has 2 aliphatic carbocycles. The van der Waals surface area contributed by atoms with Crippen molar-refractivity contribution in [1.29, 1.82) is 0 Å². The first kappa shape index (κ1) is 21.8. The molecular weight excluding hydrogens is 422 g/mol. The molecule has 1 aromatic carbocycles. The smallest absolute Gasteiger partial charge is 0.290 e. The standard InChI is InChI=1S/C25H33N3O3S/c29-23(26-18-10-11-18)16-27-12-14-28(15-13-27)25(30)24-21(17-32-19-6-2-1-3-7-19)20-8-4-5-9-22(20)31-24/h4-5,8-9,18-19H,1-3,6-7,10-17H2,(H,26,29). The molecule has 1 aliphatic heterocycles. The number of para-hydroxylation sites is 1. The Hall–Kier alpha value is -1.99. The van der Waals surface area contributed by atoms with E-state index < -0.39 is 0 Å². The SMILES string of the molecule is O=C(CN1CCN(C(=O)c2oc3ccccc3c2CSC2CCCCC2)CC1)NC1CC1. The molecule has 0 radical (unpaired) electrons. The monoisotopic (exact) mass is 455 g/mol. The quantitative estimate of drug-likeness (QED) is 0.683. The number of hydrogen-bond donors (Lipinski definition) is 1. The second kappa shape index (κ2) is 9.87. The summed E-state index contributed by atoms with van der Waals surface area (Å²) in [5, 5.41) is 4.80. The van der Waals surface area contributed by atoms with Crippen LogP contribution in [0.5, 0.6) is 0 Å². The zero-order chi connectivity index (χ0) is 21.9. The Morgan fingerprint density at radius 1 is 1.00 bits per heavy atom. The summed E-state index contributed by atoms with van der Waals surface area (Å²) in [6.45, 7) is 3.11. The van der Waals surface area contributed by atoms with Gasteiger partial charge in [-0.2, -0.15) is 11.8 Å². The van der Waals surface area contributed by atoms with Crippen LogP contribution in [0.25, 0.3) is 11.0 Å². The average molecular weight is 456 g/mol. The summed E-state index contributed by atoms with van der Waals surface area (Å²) in [4.78, 5) is 29.6. The van der Waals surface area contributed by atoms with Gasteiger partial charge in [0.25, 0.3) is 5.91 Å². The molecule has 172 valence electrons. The Morgan fingerprint density at radius 2 is 1.75 bits per heavy atom. The fourth-order valence-corrected chi connectivity index (χ4v) is 6.16. The van der Waals surface area contributed by atoms with Crippen LogP contribution < -0.4 is 5.32 Å². The van der Waals surface area contributed by atoms with Crippen LogP contribution in [0.15, 0.2) is 28.7 Å². The molecule has 5 rings (SSSR count). The van der Waals surface area contributed by atoms with Gasteiger partial charge < -0.3 is 14.6 Å². The Balaban J connectivity index is 1.24. The first-order valence-corrected chi connectivity index (χ1v) is 13.2. The lowest BCUT2D eigenvalue weighted by atomic mass is 10.0. The Morgan fingerprint density at radius 3 is 2.50 bits per heavy atom. The maximum atomic E-state index is 13.4. The number of carbonyl (C=O) groups is 2. The number of hydrogen-bond acceptors (Lipinski definition) is 5. The van der Waals surface area contributed by atoms with Gasteiger partial charge in [0, 0.05) is 54.2 Å². The van der Waals surface area contributed by atoms with Crippen molar-refractivity contribution in [3.05, 3.63) is 35.6 Å². The van der Waals surface area contributed by atoms with Gasteiger partial charge in [-0.05, 0) is 31.7 Å². The summed E-state index contributed by atoms with van der Waals surface area (Å²) in [5.74, 6) is 1.42. The third-order valence-electron chi connectivity index (χ3n) is 6.88. The molecule has 1 aromatic heterocycles. The topological polar surface area (TPSA) is 65.8 Å². The van der Waals surface area contributed by atoms with Crippen LogP contribution in [0.2, 0.25) is 0 Å². The minimum atomic E-state index is -0.0115. The second-order valence-corrected chi connectivity index (χ2v) is 10.7. The number of amides is 2. The maximum Gasteiger partial charge on any atom is 0.290 e. The van der Waals surface area contributed by atoms with E-state index in [1.807, 2.05) is 34.9 Å². The normalized spacial score (nSPS) is 20.6. The van der Waals surface area contributed by atoms with Crippen molar-refractivity contribution in [2.24, 2.45) is 0 Å². The van der Waals surface area contributed by atoms with E-state index in [4.69, 9.17) is 4.42 Å². The van der Waals surface area contributed by atoms with Crippen molar-refractivity contribution in [2.45, 2.75) is 62.0 Å². The number of carbonyl (C=O) groups excluding carboxylic acids is 2. The summed E-state index contributed by atoms with van der Waals surface area (Å²) in [5.41, 5.74) is 1.85. The van der Waals surface area contributed by atoms with Gasteiger partial charge in [-0.3, -0.25) is 14.5 Å². The number of fused-ring (bicyclic) bond motifs is 1. The highest BCUT2D eigenvalue weighted by molar-refractivity contribution is 7.99. The van der Waals surface area contributed by atoms with Crippen LogP contribution >= 0.6 is 11.8 Å². The number of nitrogens with one attached hydrogen (secondary N) is 1. The molecule has 2 aromatic rings. The first-order valence-electron chi connectivity index (χ1n) is 12.1. The molecule has 0 unspecified atom stereocenters. The minimum absolute atomic E-state index is 0.0115. The summed E-state index contributed by atoms with van der Waals surface area (Å²) in [6.07, 6.45) is 8.75. The van der Waals surface area contributed by atoms with Crippen LogP contribution in [0.1, 0.15) is 61.1 Å². The number of benzene rings is 1. The molecule has 1 N–H and O–H groups in total. The van der Waals surface area contributed by atoms with Crippen LogP contribution in [0, 0.1) is 0 Å². The van der Waals surface area contributed by atoms with Crippen molar-refractivity contribution in [2.75, 3.05) is 32.7 Å². The number of piperazine rings is 1. The molecule has 1 saturated heterocycles. The minimum Gasteiger partial charge on any atom is -0.451 e. The predicted octanol–water partition coefficient (Wildman–Crippen LogP) is 4.04. The van der Waals surface area contributed by atoms with Crippen LogP contribution in [0.4, 0.5) is 0 Å². The zero-order valence-corrected chi connectivity index (χ0v) is 19.5. The largest absolute Gasteiger partial charge is 0.451 e. The van der Waals surface area contributed by atoms with Gasteiger partial charge in [-0.15, -0.1) is 0 Å². The van der Waals surface area contributed by atoms with Crippen LogP contribution in [-0.2, 0) is 10.5 Å². The molecular formula is C25H33N3O3S. The van der Waals surface area contributed by atoms with Crippen molar-refractivity contribution in [3.63, 3.8) is 0 Å². The van der Waals surface area contributed by atoms with Gasteiger partial charge in [-0.25, -0.2) is 0 Å². The molecule has 0 atom stereocenters. The molecule has 0 spiro atoms. The highest BCUT2D eigenvalue weighted by Crippen LogP contribution is 2.35. The molecule has 3 fully saturated rings. The molecule has 32 heavy (non-hydrogen) atoms. The number of thioether (sulfide) groups is 1. The first-order chi connectivity index (χ1) is 15.7. The molecule has 2 amide bonds. The van der Waals surface area contributed by atoms with E-state index in [0.717, 1.165) is 48.2 Å². The van der Waals surface area contributed by atoms with E-state index in [1.54, 1.807) is 0 Å². The Labute approximate surface area is 194 Å². The third kappa shape index (κ3) is 5.15. The number of nitrogens with zero attached hydrogens (tertiary/aromatic N) is 2. The highest BCUT2D eigenvalue weighted by Gasteiger charge is 2.30. The van der Waals surface area contributed by atoms with Crippen LogP contribution in [-0.4, -0.2) is 65.6 Å². The Kier molecular flexibility index (Phi) is 6.74. The number of furan rings is 1. The lowest BCUT2D eigenvalue weighted by Crippen LogP contribution is -2.51. The molecule has 2 heterocycles. The fraction of sp³-hybridized carbons (Fsp3) is 0.600. The van der Waals surface area contributed by atoms with Crippen LogP contribution in [0.3, 0.4) is 0 Å². The van der Waals surface area contributed by atoms with E-state index in [-0.39, 0.29) is 11.8 Å². The van der Waals surface area contributed by atoms with Gasteiger partial charge in [0.05, 0.1) is 6.54 Å². The lowest BCUT2D eigenvalue weighted by molar-refractivity contribution is -0.122. The predicted molar refractivity (Wildman–Crippen MR) is 128 cm³/mol. The maximum absolute atomic E-state index is 13.4. The molecule has 0 bridgehead atoms. The zero-order valence-electron chi connectivity index (χ0n) is 18.7. The van der Waals surface area contributed by atoms with Crippen molar-refractivity contribution in [3.8, 4) is 0 Å². The summed E-state index contributed by atoms with van der Waals surface area (Å²) in [6, 6.07) is 8.40. The van der Waals surface area contributed by atoms with Crippen molar-refractivity contribution >= 4 is 34.5 Å². The van der Waals surface area contributed by atoms with Gasteiger partial charge in [0.2, 0.25) is 5.91 Å². The van der Waals surface area contributed by atoms with Crippen molar-refractivity contribution < 1.29 is 14.0 Å². The van der Waals surface area contributed by atoms with Crippen molar-refractivity contribution in [1.82, 2.24) is 15.1 Å². The van der Waals surface area contributed by atoms with E-state index in [1.165, 1.54) is 32.1 Å². The third-order valence-corrected chi connectivity index (χ3v) is 8.28. The molecule has 3 aliphatic rings. The van der Waals surface area contributed by atoms with E-state index in [0.29, 0.717) is 36.7 Å². The summed E-state index contributed by atoms with van der Waals surface area (Å²) < 4.78 is 6.11. The lowest BCUT2D eigenvalue weighted by Gasteiger charge is -2.34. The van der Waals surface area contributed by atoms with Gasteiger partial charge >= 0.3 is 0 Å². The molecule has 7 heteroatoms. The average Bonchev–Trinajstić information content (AvgIpc) is 3.56.